The van der Waals surface area contributed by atoms with E-state index in [4.69, 9.17) is 11.6 Å². The molecule has 118 valence electrons. The van der Waals surface area contributed by atoms with Crippen LogP contribution in [0.1, 0.15) is 21.3 Å². The van der Waals surface area contributed by atoms with Crippen LogP contribution in [-0.2, 0) is 4.79 Å². The van der Waals surface area contributed by atoms with E-state index in [1.807, 2.05) is 30.3 Å². The van der Waals surface area contributed by atoms with Crippen LogP contribution in [0, 0.1) is 0 Å². The second-order valence-electron chi connectivity index (χ2n) is 5.12. The van der Waals surface area contributed by atoms with Gasteiger partial charge in [0.15, 0.2) is 0 Å². The van der Waals surface area contributed by atoms with Gasteiger partial charge >= 0.3 is 0 Å². The number of hydrogen-bond donors (Lipinski definition) is 0. The third kappa shape index (κ3) is 3.07. The molecule has 0 N–H and O–H groups in total. The lowest BCUT2D eigenvalue weighted by molar-refractivity contribution is -0.310. The first kappa shape index (κ1) is 15.9. The lowest BCUT2D eigenvalue weighted by Crippen LogP contribution is -2.49. The summed E-state index contributed by atoms with van der Waals surface area (Å²) in [6, 6.07) is 15.0. The van der Waals surface area contributed by atoms with E-state index in [9.17, 15) is 14.7 Å². The van der Waals surface area contributed by atoms with Gasteiger partial charge in [0.1, 0.15) is 5.37 Å². The molecule has 1 saturated heterocycles. The first-order chi connectivity index (χ1) is 11.1. The number of carbonyl (C=O) groups excluding carboxylic acids is 2. The monoisotopic (exact) mass is 346 g/mol. The molecule has 0 spiro atoms. The maximum Gasteiger partial charge on any atom is 0.257 e. The number of carbonyl (C=O) groups is 2. The Balaban J connectivity index is 2.01. The first-order valence-electron chi connectivity index (χ1n) is 7.04. The van der Waals surface area contributed by atoms with Gasteiger partial charge in [-0.25, -0.2) is 0 Å². The van der Waals surface area contributed by atoms with Crippen LogP contribution >= 0.6 is 23.4 Å². The molecule has 2 atom stereocenters. The molecule has 1 amide bonds. The fourth-order valence-electron chi connectivity index (χ4n) is 2.58. The van der Waals surface area contributed by atoms with Crippen LogP contribution in [0.5, 0.6) is 0 Å². The van der Waals surface area contributed by atoms with Crippen molar-refractivity contribution in [1.82, 2.24) is 4.90 Å². The first-order valence-corrected chi connectivity index (χ1v) is 8.47. The molecule has 1 aliphatic rings. The molecule has 0 unspecified atom stereocenters. The smallest absolute Gasteiger partial charge is 0.257 e. The number of carboxylic acid groups (broad SMARTS) is 1. The summed E-state index contributed by atoms with van der Waals surface area (Å²) < 4.78 is 0. The quantitative estimate of drug-likeness (QED) is 0.856. The van der Waals surface area contributed by atoms with E-state index >= 15 is 0 Å². The number of rotatable bonds is 3. The Bertz CT molecular complexity index is 738. The number of hydrogen-bond acceptors (Lipinski definition) is 4. The highest BCUT2D eigenvalue weighted by Gasteiger charge is 2.39. The number of nitrogens with zero attached hydrogens (tertiary/aromatic N) is 1. The lowest BCUT2D eigenvalue weighted by atomic mass is 10.1. The van der Waals surface area contributed by atoms with Crippen molar-refractivity contribution in [2.75, 3.05) is 5.75 Å². The number of thioether (sulfide) groups is 1. The van der Waals surface area contributed by atoms with Gasteiger partial charge in [0, 0.05) is 5.75 Å². The summed E-state index contributed by atoms with van der Waals surface area (Å²) in [5, 5.41) is 11.4. The Hall–Kier alpha value is -1.98. The number of amides is 1. The zero-order valence-electron chi connectivity index (χ0n) is 12.0. The molecule has 0 bridgehead atoms. The molecule has 6 heteroatoms. The summed E-state index contributed by atoms with van der Waals surface area (Å²) >= 11 is 7.51. The molecule has 0 saturated carbocycles. The molecular formula is C17H13ClNO3S-. The third-order valence-electron chi connectivity index (χ3n) is 3.70. The van der Waals surface area contributed by atoms with Crippen molar-refractivity contribution in [3.8, 4) is 0 Å². The van der Waals surface area contributed by atoms with Crippen LogP contribution in [-0.4, -0.2) is 28.6 Å². The predicted octanol–water partition coefficient (Wildman–Crippen LogP) is 2.35. The summed E-state index contributed by atoms with van der Waals surface area (Å²) in [7, 11) is 0. The van der Waals surface area contributed by atoms with E-state index in [-0.39, 0.29) is 11.1 Å². The number of benzene rings is 2. The number of carboxylic acids is 1. The SMILES string of the molecule is O=C([O-])[C@@H]1CS[C@H](c2ccccc2)N1C(=O)c1ccccc1Cl. The van der Waals surface area contributed by atoms with Crippen LogP contribution in [0.15, 0.2) is 54.6 Å². The maximum atomic E-state index is 12.9. The number of halogens is 1. The van der Waals surface area contributed by atoms with Crippen molar-refractivity contribution in [3.63, 3.8) is 0 Å². The van der Waals surface area contributed by atoms with E-state index in [1.165, 1.54) is 16.7 Å². The summed E-state index contributed by atoms with van der Waals surface area (Å²) in [6.45, 7) is 0. The Morgan fingerprint density at radius 3 is 2.39 bits per heavy atom. The standard InChI is InChI=1S/C17H14ClNO3S/c18-13-9-5-4-8-12(13)15(20)19-14(17(21)22)10-23-16(19)11-6-2-1-3-7-11/h1-9,14,16H,10H2,(H,21,22)/p-1/t14-,16+/m0/s1. The van der Waals surface area contributed by atoms with Gasteiger partial charge < -0.3 is 14.8 Å². The zero-order chi connectivity index (χ0) is 16.4. The molecule has 2 aromatic rings. The lowest BCUT2D eigenvalue weighted by Gasteiger charge is -2.30. The minimum Gasteiger partial charge on any atom is -0.548 e. The molecule has 2 aromatic carbocycles. The Labute approximate surface area is 143 Å². The second kappa shape index (κ2) is 6.64. The van der Waals surface area contributed by atoms with Crippen LogP contribution in [0.3, 0.4) is 0 Å². The van der Waals surface area contributed by atoms with Gasteiger partial charge in [-0.3, -0.25) is 4.79 Å². The van der Waals surface area contributed by atoms with Gasteiger partial charge in [0.25, 0.3) is 5.91 Å². The summed E-state index contributed by atoms with van der Waals surface area (Å²) in [6.07, 6.45) is 0. The fourth-order valence-corrected chi connectivity index (χ4v) is 4.21. The van der Waals surface area contributed by atoms with Crippen molar-refractivity contribution in [3.05, 3.63) is 70.7 Å². The van der Waals surface area contributed by atoms with E-state index in [2.05, 4.69) is 0 Å². The zero-order valence-corrected chi connectivity index (χ0v) is 13.6. The topological polar surface area (TPSA) is 60.4 Å². The van der Waals surface area contributed by atoms with Crippen LogP contribution in [0.2, 0.25) is 5.02 Å². The molecule has 1 heterocycles. The molecule has 4 nitrogen and oxygen atoms in total. The summed E-state index contributed by atoms with van der Waals surface area (Å²) in [4.78, 5) is 25.7. The Kier molecular flexibility index (Phi) is 4.59. The molecule has 23 heavy (non-hydrogen) atoms. The highest BCUT2D eigenvalue weighted by molar-refractivity contribution is 7.99. The summed E-state index contributed by atoms with van der Waals surface area (Å²) in [5.74, 6) is -1.36. The van der Waals surface area contributed by atoms with Crippen molar-refractivity contribution in [2.45, 2.75) is 11.4 Å². The van der Waals surface area contributed by atoms with Gasteiger partial charge in [-0.2, -0.15) is 0 Å². The van der Waals surface area contributed by atoms with Crippen LogP contribution < -0.4 is 5.11 Å². The molecular weight excluding hydrogens is 334 g/mol. The number of aliphatic carboxylic acids is 1. The molecule has 1 aliphatic heterocycles. The molecule has 1 fully saturated rings. The largest absolute Gasteiger partial charge is 0.548 e. The van der Waals surface area contributed by atoms with Crippen LogP contribution in [0.25, 0.3) is 0 Å². The Morgan fingerprint density at radius 2 is 1.74 bits per heavy atom. The van der Waals surface area contributed by atoms with Crippen molar-refractivity contribution in [1.29, 1.82) is 0 Å². The van der Waals surface area contributed by atoms with E-state index < -0.39 is 17.9 Å². The second-order valence-corrected chi connectivity index (χ2v) is 6.64. The van der Waals surface area contributed by atoms with Gasteiger partial charge in [-0.05, 0) is 17.7 Å². The highest BCUT2D eigenvalue weighted by atomic mass is 35.5. The minimum atomic E-state index is -1.25. The van der Waals surface area contributed by atoms with Gasteiger partial charge in [-0.1, -0.05) is 54.1 Å². The van der Waals surface area contributed by atoms with Crippen molar-refractivity contribution < 1.29 is 14.7 Å². The average Bonchev–Trinajstić information content (AvgIpc) is 3.00. The van der Waals surface area contributed by atoms with Gasteiger partial charge in [0.2, 0.25) is 0 Å². The maximum absolute atomic E-state index is 12.9. The summed E-state index contributed by atoms with van der Waals surface area (Å²) in [5.41, 5.74) is 1.17. The predicted molar refractivity (Wildman–Crippen MR) is 88.1 cm³/mol. The van der Waals surface area contributed by atoms with Crippen molar-refractivity contribution in [2.24, 2.45) is 0 Å². The highest BCUT2D eigenvalue weighted by Crippen LogP contribution is 2.42. The van der Waals surface area contributed by atoms with Gasteiger partial charge in [-0.15, -0.1) is 11.8 Å². The minimum absolute atomic E-state index is 0.290. The molecule has 3 rings (SSSR count). The third-order valence-corrected chi connectivity index (χ3v) is 5.35. The fraction of sp³-hybridized carbons (Fsp3) is 0.176. The van der Waals surface area contributed by atoms with Gasteiger partial charge in [0.05, 0.1) is 22.6 Å². The van der Waals surface area contributed by atoms with Crippen molar-refractivity contribution >= 4 is 35.2 Å². The normalized spacial score (nSPS) is 20.5. The van der Waals surface area contributed by atoms with E-state index in [0.717, 1.165) is 5.56 Å². The van der Waals surface area contributed by atoms with E-state index in [1.54, 1.807) is 24.3 Å². The average molecular weight is 347 g/mol. The van der Waals surface area contributed by atoms with E-state index in [0.29, 0.717) is 10.6 Å². The molecule has 0 aromatic heterocycles. The Morgan fingerprint density at radius 1 is 1.09 bits per heavy atom. The molecule has 0 aliphatic carbocycles. The van der Waals surface area contributed by atoms with Crippen LogP contribution in [0.4, 0.5) is 0 Å². The molecule has 0 radical (unpaired) electrons.